The first kappa shape index (κ1) is 50.8. The molecule has 0 aromatic rings. The van der Waals surface area contributed by atoms with Gasteiger partial charge in [-0.25, -0.2) is 19.6 Å². The van der Waals surface area contributed by atoms with Crippen LogP contribution in [0.3, 0.4) is 0 Å². The van der Waals surface area contributed by atoms with E-state index in [1.807, 2.05) is 0 Å². The number of isocyanates is 2. The molecule has 0 saturated heterocycles. The maximum absolute atomic E-state index is 10.3. The zero-order valence-corrected chi connectivity index (χ0v) is 31.3. The van der Waals surface area contributed by atoms with Crippen LogP contribution in [0.2, 0.25) is 0 Å². The van der Waals surface area contributed by atoms with Gasteiger partial charge in [0.25, 0.3) is 0 Å². The molecule has 0 aromatic carbocycles. The van der Waals surface area contributed by atoms with Crippen molar-refractivity contribution < 1.29 is 49.8 Å². The number of aliphatic imine (C=N–C) groups is 2. The molecule has 0 aromatic heterocycles. The molecular formula is C35H68N4O10. The van der Waals surface area contributed by atoms with E-state index in [0.29, 0.717) is 30.8 Å². The van der Waals surface area contributed by atoms with Crippen molar-refractivity contribution in [1.82, 2.24) is 0 Å². The summed E-state index contributed by atoms with van der Waals surface area (Å²) in [6.07, 6.45) is 10.3. The van der Waals surface area contributed by atoms with E-state index in [-0.39, 0.29) is 67.0 Å². The van der Waals surface area contributed by atoms with E-state index in [1.165, 1.54) is 6.42 Å². The van der Waals surface area contributed by atoms with Crippen LogP contribution in [0.1, 0.15) is 120 Å². The predicted molar refractivity (Wildman–Crippen MR) is 189 cm³/mol. The molecular weight excluding hydrogens is 636 g/mol. The van der Waals surface area contributed by atoms with Gasteiger partial charge in [-0.1, -0.05) is 55.4 Å². The number of carboxylic acids is 2. The molecule has 0 aliphatic heterocycles. The highest BCUT2D eigenvalue weighted by atomic mass is 16.4. The number of carbonyl (C=O) groups excluding carboxylic acids is 2. The molecule has 49 heavy (non-hydrogen) atoms. The molecule has 10 N–H and O–H groups in total. The van der Waals surface area contributed by atoms with Crippen LogP contribution in [0.5, 0.6) is 0 Å². The number of carbonyl (C=O) groups is 2. The molecule has 2 rings (SSSR count). The topological polar surface area (TPSA) is 266 Å². The average Bonchev–Trinajstić information content (AvgIpc) is 2.97. The van der Waals surface area contributed by atoms with E-state index in [0.717, 1.165) is 38.6 Å². The normalized spacial score (nSPS) is 24.9. The van der Waals surface area contributed by atoms with Crippen LogP contribution in [0.4, 0.5) is 0 Å². The van der Waals surface area contributed by atoms with Gasteiger partial charge in [-0.15, -0.1) is 0 Å². The zero-order valence-electron chi connectivity index (χ0n) is 31.3. The third-order valence-electron chi connectivity index (χ3n) is 8.14. The van der Waals surface area contributed by atoms with E-state index in [9.17, 15) is 19.2 Å². The van der Waals surface area contributed by atoms with Gasteiger partial charge in [0.2, 0.25) is 12.2 Å². The maximum atomic E-state index is 10.3. The number of nitrogens with zero attached hydrogens (tertiary/aromatic N) is 2. The Morgan fingerprint density at radius 3 is 1.53 bits per heavy atom. The van der Waals surface area contributed by atoms with Gasteiger partial charge in [-0.2, -0.15) is 0 Å². The molecule has 14 heteroatoms. The lowest BCUT2D eigenvalue weighted by atomic mass is 9.63. The molecule has 0 spiro atoms. The van der Waals surface area contributed by atoms with Gasteiger partial charge in [0.1, 0.15) is 0 Å². The molecule has 288 valence electrons. The highest BCUT2D eigenvalue weighted by Crippen LogP contribution is 2.47. The van der Waals surface area contributed by atoms with Crippen LogP contribution in [-0.4, -0.2) is 106 Å². The Morgan fingerprint density at radius 1 is 0.755 bits per heavy atom. The van der Waals surface area contributed by atoms with Gasteiger partial charge in [0.05, 0.1) is 39.0 Å². The van der Waals surface area contributed by atoms with Crippen molar-refractivity contribution in [3.63, 3.8) is 0 Å². The standard InChI is InChI=1S/C12H18N2O2.C10H22N2.C6H10O4.C5H12O2.C2H6O2/c1-11(2)4-10(14-9-16)5-12(3,6-11)7-13-8-15;1-9(2)4-8(12)5-10(3,6-9)7-11;7-5(8)3-1-2-4-6(9)10;1-5(2,3-6)4-7;3-1-2-4/h10H,4-7H2,1-3H3;8H,4-7,11-12H2,1-3H3;1-4H2,(H,7,8)(H,9,10);6-7H,3-4H2,1-2H3;3-4H,1-2H2. The van der Waals surface area contributed by atoms with Crippen molar-refractivity contribution in [1.29, 1.82) is 0 Å². The molecule has 0 radical (unpaired) electrons. The first-order valence-corrected chi connectivity index (χ1v) is 16.9. The molecule has 4 atom stereocenters. The Balaban J connectivity index is -0.000000575. The summed E-state index contributed by atoms with van der Waals surface area (Å²) >= 11 is 0. The number of unbranched alkanes of at least 4 members (excludes halogenated alkanes) is 1. The SMILES string of the molecule is CC(C)(CO)CO.CC1(C)CC(N)CC(C)(CN)C1.CC1(C)CC(N=C=O)CC(C)(CN=C=O)C1.O=C(O)CCCCC(=O)O.OCCO. The van der Waals surface area contributed by atoms with Crippen LogP contribution in [0.25, 0.3) is 0 Å². The van der Waals surface area contributed by atoms with E-state index in [1.54, 1.807) is 26.0 Å². The van der Waals surface area contributed by atoms with Gasteiger partial charge in [0, 0.05) is 24.3 Å². The van der Waals surface area contributed by atoms with Crippen molar-refractivity contribution in [2.75, 3.05) is 39.5 Å². The number of aliphatic hydroxyl groups is 4. The van der Waals surface area contributed by atoms with Gasteiger partial charge in [0.15, 0.2) is 0 Å². The van der Waals surface area contributed by atoms with Crippen molar-refractivity contribution >= 4 is 24.1 Å². The summed E-state index contributed by atoms with van der Waals surface area (Å²) in [5.41, 5.74) is 12.2. The van der Waals surface area contributed by atoms with E-state index in [2.05, 4.69) is 51.5 Å². The lowest BCUT2D eigenvalue weighted by Gasteiger charge is -2.45. The van der Waals surface area contributed by atoms with E-state index >= 15 is 0 Å². The van der Waals surface area contributed by atoms with Gasteiger partial charge in [-0.05, 0) is 79.6 Å². The summed E-state index contributed by atoms with van der Waals surface area (Å²) in [7, 11) is 0. The van der Waals surface area contributed by atoms with Crippen molar-refractivity contribution in [2.24, 2.45) is 48.5 Å². The Morgan fingerprint density at radius 2 is 1.20 bits per heavy atom. The second-order valence-corrected chi connectivity index (χ2v) is 16.3. The smallest absolute Gasteiger partial charge is 0.303 e. The minimum atomic E-state index is -0.870. The highest BCUT2D eigenvalue weighted by molar-refractivity contribution is 5.67. The third kappa shape index (κ3) is 29.0. The molecule has 4 unspecified atom stereocenters. The first-order valence-electron chi connectivity index (χ1n) is 16.9. The Kier molecular flexibility index (Phi) is 26.4. The minimum Gasteiger partial charge on any atom is -0.481 e. The van der Waals surface area contributed by atoms with Crippen molar-refractivity contribution in [3.8, 4) is 0 Å². The second-order valence-electron chi connectivity index (χ2n) is 16.3. The zero-order chi connectivity index (χ0) is 39.0. The quantitative estimate of drug-likeness (QED) is 0.0825. The molecule has 14 nitrogen and oxygen atoms in total. The lowest BCUT2D eigenvalue weighted by molar-refractivity contribution is -0.139. The van der Waals surface area contributed by atoms with Crippen LogP contribution in [0.15, 0.2) is 9.98 Å². The Hall–Kier alpha value is -2.54. The minimum absolute atomic E-state index is 0.00750. The predicted octanol–water partition coefficient (Wildman–Crippen LogP) is 3.42. The van der Waals surface area contributed by atoms with Crippen LogP contribution in [0, 0.1) is 27.1 Å². The Labute approximate surface area is 293 Å². The molecule has 2 saturated carbocycles. The van der Waals surface area contributed by atoms with Crippen molar-refractivity contribution in [2.45, 2.75) is 132 Å². The summed E-state index contributed by atoms with van der Waals surface area (Å²) in [5, 5.41) is 48.4. The highest BCUT2D eigenvalue weighted by Gasteiger charge is 2.41. The molecule has 0 heterocycles. The first-order chi connectivity index (χ1) is 22.4. The molecule has 2 aliphatic carbocycles. The summed E-state index contributed by atoms with van der Waals surface area (Å²) in [6.45, 7) is 17.9. The average molecular weight is 705 g/mol. The third-order valence-corrected chi connectivity index (χ3v) is 8.14. The van der Waals surface area contributed by atoms with E-state index in [4.69, 9.17) is 42.1 Å². The van der Waals surface area contributed by atoms with Crippen LogP contribution < -0.4 is 11.5 Å². The van der Waals surface area contributed by atoms with Crippen LogP contribution >= 0.6 is 0 Å². The number of rotatable bonds is 12. The molecule has 0 bridgehead atoms. The summed E-state index contributed by atoms with van der Waals surface area (Å²) in [5.74, 6) is -1.74. The maximum Gasteiger partial charge on any atom is 0.303 e. The number of nitrogens with two attached hydrogens (primary N) is 2. The Bertz CT molecular complexity index is 1000. The summed E-state index contributed by atoms with van der Waals surface area (Å²) < 4.78 is 0. The number of carboxylic acid groups (broad SMARTS) is 2. The number of hydrogen-bond acceptors (Lipinski definition) is 12. The number of aliphatic hydroxyl groups excluding tert-OH is 4. The van der Waals surface area contributed by atoms with Gasteiger partial charge in [-0.3, -0.25) is 9.59 Å². The molecule has 2 aliphatic rings. The second kappa shape index (κ2) is 25.4. The number of aliphatic carboxylic acids is 2. The van der Waals surface area contributed by atoms with Gasteiger partial charge >= 0.3 is 11.9 Å². The summed E-state index contributed by atoms with van der Waals surface area (Å²) in [4.78, 5) is 47.8. The molecule has 0 amide bonds. The monoisotopic (exact) mass is 704 g/mol. The fourth-order valence-electron chi connectivity index (χ4n) is 6.56. The molecule has 2 fully saturated rings. The largest absolute Gasteiger partial charge is 0.481 e. The van der Waals surface area contributed by atoms with Gasteiger partial charge < -0.3 is 42.1 Å². The summed E-state index contributed by atoms with van der Waals surface area (Å²) in [6, 6.07) is 0.357. The lowest BCUT2D eigenvalue weighted by Crippen LogP contribution is -2.45. The fraction of sp³-hybridized carbons (Fsp3) is 0.886. The van der Waals surface area contributed by atoms with Crippen LogP contribution in [-0.2, 0) is 19.2 Å². The van der Waals surface area contributed by atoms with Crippen molar-refractivity contribution in [3.05, 3.63) is 0 Å². The fourth-order valence-corrected chi connectivity index (χ4v) is 6.56. The number of hydrogen-bond donors (Lipinski definition) is 8. The van der Waals surface area contributed by atoms with E-state index < -0.39 is 11.9 Å².